The van der Waals surface area contributed by atoms with Gasteiger partial charge in [-0.1, -0.05) is 6.58 Å². The fourth-order valence-corrected chi connectivity index (χ4v) is 2.82. The molecule has 1 aliphatic rings. The van der Waals surface area contributed by atoms with Gasteiger partial charge in [-0.25, -0.2) is 0 Å². The Morgan fingerprint density at radius 1 is 1.12 bits per heavy atom. The third-order valence-corrected chi connectivity index (χ3v) is 4.64. The summed E-state index contributed by atoms with van der Waals surface area (Å²) < 4.78 is 6.62. The summed E-state index contributed by atoms with van der Waals surface area (Å²) in [5, 5.41) is 11.0. The van der Waals surface area contributed by atoms with Crippen molar-refractivity contribution < 1.29 is 23.6 Å². The molecule has 0 radical (unpaired) electrons. The fraction of sp³-hybridized carbons (Fsp3) is 0.320. The van der Waals surface area contributed by atoms with Gasteiger partial charge in [-0.05, 0) is 49.4 Å². The minimum Gasteiger partial charge on any atom is -0.498 e. The Morgan fingerprint density at radius 2 is 1.76 bits per heavy atom. The van der Waals surface area contributed by atoms with E-state index < -0.39 is 17.7 Å². The van der Waals surface area contributed by atoms with Crippen molar-refractivity contribution in [3.63, 3.8) is 0 Å². The lowest BCUT2D eigenvalue weighted by Crippen LogP contribution is -2.37. The van der Waals surface area contributed by atoms with Crippen LogP contribution >= 0.6 is 0 Å². The number of hydrogen-bond acceptors (Lipinski definition) is 6. The largest absolute Gasteiger partial charge is 0.498 e. The van der Waals surface area contributed by atoms with Gasteiger partial charge in [0.25, 0.3) is 11.8 Å². The zero-order chi connectivity index (χ0) is 25.1. The predicted molar refractivity (Wildman–Crippen MR) is 131 cm³/mol. The van der Waals surface area contributed by atoms with Crippen LogP contribution in [-0.4, -0.2) is 67.9 Å². The van der Waals surface area contributed by atoms with Crippen molar-refractivity contribution in [2.24, 2.45) is 10.2 Å². The molecule has 0 saturated heterocycles. The number of imide groups is 1. The van der Waals surface area contributed by atoms with Crippen LogP contribution < -0.4 is 5.32 Å². The van der Waals surface area contributed by atoms with E-state index >= 15 is 0 Å². The van der Waals surface area contributed by atoms with Crippen LogP contribution in [0.4, 0.5) is 11.4 Å². The van der Waals surface area contributed by atoms with Gasteiger partial charge in [0, 0.05) is 24.3 Å². The third-order valence-electron chi connectivity index (χ3n) is 4.64. The van der Waals surface area contributed by atoms with E-state index in [0.29, 0.717) is 23.7 Å². The highest BCUT2D eigenvalue weighted by Crippen LogP contribution is 2.18. The maximum Gasteiger partial charge on any atom is 0.254 e. The standard InChI is InChI=1S/C25H31N5O4/c1-6-20(9-8-19(2)34-17-7-16-30(3,4)5)27-28-22-12-10-21(11-13-22)26-23(31)18-29-24(32)14-15-25(29)33/h6,8-15H,1,7,16-18H2,2-5H3/p+1/b19-8+,20-9+. The quantitative estimate of drug-likeness (QED) is 0.127. The molecule has 9 nitrogen and oxygen atoms in total. The van der Waals surface area contributed by atoms with Gasteiger partial charge >= 0.3 is 0 Å². The monoisotopic (exact) mass is 466 g/mol. The number of anilines is 1. The summed E-state index contributed by atoms with van der Waals surface area (Å²) in [4.78, 5) is 36.0. The second kappa shape index (κ2) is 12.4. The minimum absolute atomic E-state index is 0.341. The van der Waals surface area contributed by atoms with Crippen LogP contribution in [-0.2, 0) is 19.1 Å². The van der Waals surface area contributed by atoms with Gasteiger partial charge in [-0.15, -0.1) is 0 Å². The van der Waals surface area contributed by atoms with Crippen molar-refractivity contribution in [2.45, 2.75) is 13.3 Å². The molecule has 0 bridgehead atoms. The van der Waals surface area contributed by atoms with Crippen LogP contribution in [0.15, 0.2) is 82.9 Å². The molecule has 1 aromatic carbocycles. The molecule has 1 N–H and O–H groups in total. The molecule has 0 aliphatic carbocycles. The first-order valence-corrected chi connectivity index (χ1v) is 10.9. The van der Waals surface area contributed by atoms with Gasteiger partial charge in [-0.2, -0.15) is 10.2 Å². The summed E-state index contributed by atoms with van der Waals surface area (Å²) in [6, 6.07) is 6.68. The van der Waals surface area contributed by atoms with E-state index in [2.05, 4.69) is 43.3 Å². The molecule has 1 aromatic rings. The Bertz CT molecular complexity index is 1010. The zero-order valence-electron chi connectivity index (χ0n) is 20.2. The van der Waals surface area contributed by atoms with Crippen LogP contribution in [0.1, 0.15) is 13.3 Å². The summed E-state index contributed by atoms with van der Waals surface area (Å²) in [5.41, 5.74) is 1.66. The molecule has 180 valence electrons. The first-order chi connectivity index (χ1) is 16.1. The molecule has 3 amide bonds. The Balaban J connectivity index is 1.86. The molecule has 0 spiro atoms. The van der Waals surface area contributed by atoms with Gasteiger partial charge in [0.05, 0.1) is 51.4 Å². The molecule has 0 aromatic heterocycles. The van der Waals surface area contributed by atoms with E-state index in [1.807, 2.05) is 13.0 Å². The molecule has 0 unspecified atom stereocenters. The number of nitrogens with zero attached hydrogens (tertiary/aromatic N) is 4. The lowest BCUT2D eigenvalue weighted by Gasteiger charge is -2.23. The van der Waals surface area contributed by atoms with Gasteiger partial charge in [0.15, 0.2) is 0 Å². The van der Waals surface area contributed by atoms with Gasteiger partial charge in [0.2, 0.25) is 5.91 Å². The van der Waals surface area contributed by atoms with Crippen molar-refractivity contribution >= 4 is 29.1 Å². The van der Waals surface area contributed by atoms with E-state index in [4.69, 9.17) is 4.74 Å². The number of rotatable bonds is 12. The van der Waals surface area contributed by atoms with Gasteiger partial charge < -0.3 is 14.5 Å². The molecule has 0 fully saturated rings. The zero-order valence-corrected chi connectivity index (χ0v) is 20.2. The van der Waals surface area contributed by atoms with E-state index in [-0.39, 0.29) is 6.54 Å². The van der Waals surface area contributed by atoms with Crippen LogP contribution in [0.3, 0.4) is 0 Å². The molecule has 0 saturated carbocycles. The van der Waals surface area contributed by atoms with Crippen molar-refractivity contribution in [1.82, 2.24) is 4.90 Å². The van der Waals surface area contributed by atoms with Crippen molar-refractivity contribution in [3.05, 3.63) is 72.7 Å². The molecule has 0 atom stereocenters. The van der Waals surface area contributed by atoms with Crippen LogP contribution in [0.5, 0.6) is 0 Å². The molecule has 1 heterocycles. The highest BCUT2D eigenvalue weighted by Gasteiger charge is 2.25. The number of carbonyl (C=O) groups excluding carboxylic acids is 3. The van der Waals surface area contributed by atoms with E-state index in [1.165, 1.54) is 0 Å². The normalized spacial score (nSPS) is 14.8. The maximum absolute atomic E-state index is 12.1. The fourth-order valence-electron chi connectivity index (χ4n) is 2.82. The summed E-state index contributed by atoms with van der Waals surface area (Å²) in [7, 11) is 6.45. The average molecular weight is 467 g/mol. The Morgan fingerprint density at radius 3 is 2.35 bits per heavy atom. The summed E-state index contributed by atoms with van der Waals surface area (Å²) in [6.07, 6.45) is 8.43. The van der Waals surface area contributed by atoms with Crippen LogP contribution in [0.25, 0.3) is 0 Å². The van der Waals surface area contributed by atoms with E-state index in [1.54, 1.807) is 36.4 Å². The first-order valence-electron chi connectivity index (χ1n) is 10.9. The Kier molecular flexibility index (Phi) is 9.63. The summed E-state index contributed by atoms with van der Waals surface area (Å²) in [5.74, 6) is -0.695. The van der Waals surface area contributed by atoms with Gasteiger partial charge in [-0.3, -0.25) is 19.3 Å². The molecule has 34 heavy (non-hydrogen) atoms. The smallest absolute Gasteiger partial charge is 0.254 e. The maximum atomic E-state index is 12.1. The number of quaternary nitrogens is 1. The predicted octanol–water partition coefficient (Wildman–Crippen LogP) is 3.72. The first kappa shape index (κ1) is 26.4. The van der Waals surface area contributed by atoms with E-state index in [0.717, 1.165) is 40.3 Å². The van der Waals surface area contributed by atoms with Crippen LogP contribution in [0.2, 0.25) is 0 Å². The number of ether oxygens (including phenoxy) is 1. The van der Waals surface area contributed by atoms with Crippen molar-refractivity contribution in [2.75, 3.05) is 46.2 Å². The lowest BCUT2D eigenvalue weighted by atomic mass is 10.3. The summed E-state index contributed by atoms with van der Waals surface area (Å²) >= 11 is 0. The molecule has 9 heteroatoms. The second-order valence-corrected chi connectivity index (χ2v) is 8.68. The minimum atomic E-state index is -0.501. The number of nitrogens with one attached hydrogen (secondary N) is 1. The van der Waals surface area contributed by atoms with E-state index in [9.17, 15) is 14.4 Å². The number of carbonyl (C=O) groups is 3. The summed E-state index contributed by atoms with van der Waals surface area (Å²) in [6.45, 7) is 6.99. The third kappa shape index (κ3) is 9.33. The Labute approximate surface area is 200 Å². The van der Waals surface area contributed by atoms with Gasteiger partial charge in [0.1, 0.15) is 6.54 Å². The lowest BCUT2D eigenvalue weighted by molar-refractivity contribution is -0.870. The van der Waals surface area contributed by atoms with Crippen molar-refractivity contribution in [1.29, 1.82) is 0 Å². The highest BCUT2D eigenvalue weighted by molar-refractivity contribution is 6.15. The molecule has 2 rings (SSSR count). The highest BCUT2D eigenvalue weighted by atomic mass is 16.5. The average Bonchev–Trinajstić information content (AvgIpc) is 3.09. The van der Waals surface area contributed by atoms with Crippen molar-refractivity contribution in [3.8, 4) is 0 Å². The molecule has 1 aliphatic heterocycles. The molecular weight excluding hydrogens is 434 g/mol. The second-order valence-electron chi connectivity index (χ2n) is 8.68. The van der Waals surface area contributed by atoms with Crippen LogP contribution in [0, 0.1) is 0 Å². The number of allylic oxidation sites excluding steroid dienone is 4. The molecular formula is C25H32N5O4+. The number of azo groups is 1. The Hall–Kier alpha value is -3.85. The SMILES string of the molecule is C=CC(=C\C=C(/C)OCCC[N+](C)(C)C)/N=N/c1ccc(NC(=O)CN2C(=O)C=CC2=O)cc1. The topological polar surface area (TPSA) is 100 Å². The number of hydrogen-bond donors (Lipinski definition) is 1. The number of benzene rings is 1. The number of amides is 3.